The maximum absolute atomic E-state index is 12.6. The van der Waals surface area contributed by atoms with Gasteiger partial charge < -0.3 is 5.32 Å². The number of amides is 4. The summed E-state index contributed by atoms with van der Waals surface area (Å²) in [4.78, 5) is 38.3. The highest BCUT2D eigenvalue weighted by Gasteiger charge is 2.60. The topological polar surface area (TPSA) is 104 Å². The zero-order chi connectivity index (χ0) is 19.5. The summed E-state index contributed by atoms with van der Waals surface area (Å²) in [6.45, 7) is 1.47. The van der Waals surface area contributed by atoms with Crippen LogP contribution in [-0.2, 0) is 15.8 Å². The van der Waals surface area contributed by atoms with E-state index in [9.17, 15) is 27.6 Å². The average molecular weight is 401 g/mol. The Hall–Kier alpha value is -2.50. The molecular weight excluding hydrogens is 387 g/mol. The van der Waals surface area contributed by atoms with Gasteiger partial charge in [0.2, 0.25) is 22.0 Å². The second-order valence-electron chi connectivity index (χ2n) is 6.73. The van der Waals surface area contributed by atoms with Gasteiger partial charge in [-0.05, 0) is 25.2 Å². The molecule has 1 saturated heterocycles. The van der Waals surface area contributed by atoms with Crippen molar-refractivity contribution in [2.45, 2.75) is 25.7 Å². The molecule has 2 aliphatic carbocycles. The monoisotopic (exact) mass is 401 g/mol. The molecule has 27 heavy (non-hydrogen) atoms. The maximum Gasteiger partial charge on any atom is 0.445 e. The third-order valence-electron chi connectivity index (χ3n) is 5.12. The zero-order valence-electron chi connectivity index (χ0n) is 13.9. The number of allylic oxidation sites excluding steroid dienone is 2. The molecule has 0 aromatic carbocycles. The first-order chi connectivity index (χ1) is 12.7. The molecule has 4 amide bonds. The number of hydrogen-bond donors (Lipinski definition) is 2. The predicted molar refractivity (Wildman–Crippen MR) is 86.1 cm³/mol. The normalized spacial score (nSPS) is 30.0. The molecule has 3 aliphatic rings. The van der Waals surface area contributed by atoms with Crippen molar-refractivity contribution < 1.29 is 27.6 Å². The minimum Gasteiger partial charge on any atom is -0.317 e. The molecule has 2 fully saturated rings. The lowest BCUT2D eigenvalue weighted by Gasteiger charge is -2.25. The first-order valence-corrected chi connectivity index (χ1v) is 9.02. The smallest absolute Gasteiger partial charge is 0.317 e. The average Bonchev–Trinajstić information content (AvgIpc) is 3.30. The highest BCUT2D eigenvalue weighted by atomic mass is 32.1. The van der Waals surface area contributed by atoms with Gasteiger partial charge in [0.1, 0.15) is 6.17 Å². The van der Waals surface area contributed by atoms with Crippen molar-refractivity contribution in [3.05, 3.63) is 17.2 Å². The molecule has 0 unspecified atom stereocenters. The molecule has 0 radical (unpaired) electrons. The lowest BCUT2D eigenvalue weighted by Crippen LogP contribution is -2.51. The number of hydrogen-bond acceptors (Lipinski definition) is 6. The van der Waals surface area contributed by atoms with E-state index in [1.807, 2.05) is 12.2 Å². The number of carbonyl (C=O) groups is 3. The quantitative estimate of drug-likeness (QED) is 0.594. The Kier molecular flexibility index (Phi) is 3.98. The number of halogens is 3. The number of carbonyl (C=O) groups excluding carboxylic acids is 3. The van der Waals surface area contributed by atoms with Crippen molar-refractivity contribution in [3.8, 4) is 0 Å². The van der Waals surface area contributed by atoms with Gasteiger partial charge in [0.25, 0.3) is 0 Å². The van der Waals surface area contributed by atoms with Crippen LogP contribution in [0.5, 0.6) is 0 Å². The number of alkyl halides is 3. The van der Waals surface area contributed by atoms with Crippen molar-refractivity contribution in [2.24, 2.45) is 23.7 Å². The van der Waals surface area contributed by atoms with Gasteiger partial charge in [-0.15, -0.1) is 10.2 Å². The Morgan fingerprint density at radius 3 is 2.33 bits per heavy atom. The van der Waals surface area contributed by atoms with Gasteiger partial charge in [-0.25, -0.2) is 4.79 Å². The van der Waals surface area contributed by atoms with Gasteiger partial charge in [-0.3, -0.25) is 19.8 Å². The lowest BCUT2D eigenvalue weighted by molar-refractivity contribution is -0.143. The van der Waals surface area contributed by atoms with Gasteiger partial charge >= 0.3 is 12.2 Å². The van der Waals surface area contributed by atoms with E-state index in [0.29, 0.717) is 0 Å². The zero-order valence-corrected chi connectivity index (χ0v) is 14.7. The van der Waals surface area contributed by atoms with E-state index in [4.69, 9.17) is 0 Å². The van der Waals surface area contributed by atoms with Crippen molar-refractivity contribution in [2.75, 3.05) is 5.32 Å². The molecule has 144 valence electrons. The summed E-state index contributed by atoms with van der Waals surface area (Å²) in [6.07, 6.45) is -0.884. The van der Waals surface area contributed by atoms with E-state index in [2.05, 4.69) is 20.8 Å². The Balaban J connectivity index is 1.40. The van der Waals surface area contributed by atoms with E-state index in [1.54, 1.807) is 0 Å². The fraction of sp³-hybridized carbons (Fsp3) is 0.533. The van der Waals surface area contributed by atoms with Crippen molar-refractivity contribution >= 4 is 34.3 Å². The predicted octanol–water partition coefficient (Wildman–Crippen LogP) is 1.83. The number of anilines is 1. The number of rotatable bonds is 3. The Morgan fingerprint density at radius 2 is 1.81 bits per heavy atom. The summed E-state index contributed by atoms with van der Waals surface area (Å²) in [5, 5.41) is 9.20. The van der Waals surface area contributed by atoms with E-state index in [0.717, 1.165) is 11.3 Å². The van der Waals surface area contributed by atoms with Crippen LogP contribution in [0.2, 0.25) is 0 Å². The summed E-state index contributed by atoms with van der Waals surface area (Å²) in [6, 6.07) is -0.883. The van der Waals surface area contributed by atoms with E-state index in [1.165, 1.54) is 6.92 Å². The molecule has 2 bridgehead atoms. The molecule has 2 N–H and O–H groups in total. The number of nitrogens with one attached hydrogen (secondary N) is 2. The molecule has 8 nitrogen and oxygen atoms in total. The van der Waals surface area contributed by atoms with Gasteiger partial charge in [-0.1, -0.05) is 23.5 Å². The molecule has 4 rings (SSSR count). The van der Waals surface area contributed by atoms with Gasteiger partial charge in [-0.2, -0.15) is 13.2 Å². The van der Waals surface area contributed by atoms with Gasteiger partial charge in [0.05, 0.1) is 11.8 Å². The molecule has 1 aromatic rings. The number of urea groups is 1. The largest absolute Gasteiger partial charge is 0.445 e. The summed E-state index contributed by atoms with van der Waals surface area (Å²) >= 11 is 0.176. The standard InChI is InChI=1S/C15H14F3N5O3S/c1-5(19-13(26)20-14-22-21-12(27-14)15(16,17)18)23-10(24)8-6-2-3-7(4-6)9(8)11(23)25/h2-3,5-9H,4H2,1H3,(H2,19,20,22,26)/t5-,6-,7-,8-,9+/m0/s1. The minimum atomic E-state index is -4.65. The fourth-order valence-electron chi connectivity index (χ4n) is 4.08. The van der Waals surface area contributed by atoms with Crippen LogP contribution >= 0.6 is 11.3 Å². The first-order valence-electron chi connectivity index (χ1n) is 8.20. The van der Waals surface area contributed by atoms with E-state index < -0.39 is 35.2 Å². The lowest BCUT2D eigenvalue weighted by atomic mass is 9.85. The summed E-state index contributed by atoms with van der Waals surface area (Å²) in [5.74, 6) is -1.35. The van der Waals surface area contributed by atoms with Crippen LogP contribution in [0.3, 0.4) is 0 Å². The van der Waals surface area contributed by atoms with Gasteiger partial charge in [0.15, 0.2) is 0 Å². The molecule has 1 aliphatic heterocycles. The second-order valence-corrected chi connectivity index (χ2v) is 7.71. The second kappa shape index (κ2) is 6.01. The third kappa shape index (κ3) is 2.87. The van der Waals surface area contributed by atoms with Crippen LogP contribution in [0.4, 0.5) is 23.1 Å². The fourth-order valence-corrected chi connectivity index (χ4v) is 4.69. The van der Waals surface area contributed by atoms with Crippen LogP contribution in [0.1, 0.15) is 18.4 Å². The Labute approximate surface area is 154 Å². The molecule has 0 spiro atoms. The highest BCUT2D eigenvalue weighted by molar-refractivity contribution is 7.15. The molecule has 12 heteroatoms. The number of likely N-dealkylation sites (tertiary alicyclic amines) is 1. The summed E-state index contributed by atoms with van der Waals surface area (Å²) in [5.41, 5.74) is 0. The number of aromatic nitrogens is 2. The highest BCUT2D eigenvalue weighted by Crippen LogP contribution is 2.52. The Morgan fingerprint density at radius 1 is 1.22 bits per heavy atom. The minimum absolute atomic E-state index is 0.0460. The van der Waals surface area contributed by atoms with Crippen LogP contribution in [0.25, 0.3) is 0 Å². The molecule has 5 atom stereocenters. The van der Waals surface area contributed by atoms with E-state index in [-0.39, 0.29) is 40.1 Å². The van der Waals surface area contributed by atoms with E-state index >= 15 is 0 Å². The molecular formula is C15H14F3N5O3S. The molecule has 1 saturated carbocycles. The first kappa shape index (κ1) is 17.9. The van der Waals surface area contributed by atoms with Crippen molar-refractivity contribution in [1.29, 1.82) is 0 Å². The summed E-state index contributed by atoms with van der Waals surface area (Å²) < 4.78 is 37.5. The summed E-state index contributed by atoms with van der Waals surface area (Å²) in [7, 11) is 0. The van der Waals surface area contributed by atoms with Crippen LogP contribution < -0.4 is 10.6 Å². The molecule has 2 heterocycles. The maximum atomic E-state index is 12.6. The number of fused-ring (bicyclic) bond motifs is 5. The van der Waals surface area contributed by atoms with Crippen molar-refractivity contribution in [3.63, 3.8) is 0 Å². The van der Waals surface area contributed by atoms with Gasteiger partial charge in [0, 0.05) is 0 Å². The molecule has 1 aromatic heterocycles. The van der Waals surface area contributed by atoms with Crippen LogP contribution in [-0.4, -0.2) is 39.1 Å². The SMILES string of the molecule is C[C@@H](NC(=O)Nc1nnc(C(F)(F)F)s1)N1C(=O)[C@@H]2[C@H](C1=O)[C@H]1C=C[C@H]2C1. The number of imide groups is 1. The Bertz CT molecular complexity index is 824. The number of nitrogens with zero attached hydrogens (tertiary/aromatic N) is 3. The van der Waals surface area contributed by atoms with Crippen LogP contribution in [0.15, 0.2) is 12.2 Å². The van der Waals surface area contributed by atoms with Crippen molar-refractivity contribution in [1.82, 2.24) is 20.4 Å². The van der Waals surface area contributed by atoms with Crippen LogP contribution in [0, 0.1) is 23.7 Å². The third-order valence-corrected chi connectivity index (χ3v) is 6.00.